The fraction of sp³-hybridized carbons (Fsp3) is 0.263. The lowest BCUT2D eigenvalue weighted by atomic mass is 10.0. The summed E-state index contributed by atoms with van der Waals surface area (Å²) in [4.78, 5) is 4.89. The van der Waals surface area contributed by atoms with Crippen molar-refractivity contribution in [3.05, 3.63) is 56.5 Å². The SMILES string of the molecule is Nc1cnc(OCc2c(-c3c(Cl)cccc3Cl)nsc2C2CC2)cc1C(F)(F)F. The van der Waals surface area contributed by atoms with Crippen molar-refractivity contribution in [2.24, 2.45) is 0 Å². The van der Waals surface area contributed by atoms with Gasteiger partial charge in [0.1, 0.15) is 6.61 Å². The summed E-state index contributed by atoms with van der Waals surface area (Å²) in [5.41, 5.74) is 5.89. The zero-order valence-electron chi connectivity index (χ0n) is 14.8. The van der Waals surface area contributed by atoms with Crippen LogP contribution in [0.4, 0.5) is 18.9 Å². The Morgan fingerprint density at radius 2 is 1.90 bits per heavy atom. The van der Waals surface area contributed by atoms with Crippen LogP contribution in [-0.4, -0.2) is 9.36 Å². The van der Waals surface area contributed by atoms with Crippen LogP contribution in [0.1, 0.15) is 34.8 Å². The number of ether oxygens (including phenoxy) is 1. The number of nitrogens with zero attached hydrogens (tertiary/aromatic N) is 2. The maximum absolute atomic E-state index is 13.1. The summed E-state index contributed by atoms with van der Waals surface area (Å²) in [7, 11) is 0. The maximum Gasteiger partial charge on any atom is 0.418 e. The molecule has 0 radical (unpaired) electrons. The Hall–Kier alpha value is -2.03. The van der Waals surface area contributed by atoms with Gasteiger partial charge in [0.05, 0.1) is 33.2 Å². The standard InChI is InChI=1S/C19H14Cl2F3N3OS/c20-12-2-1-3-13(21)16(12)17-10(18(29-27-17)9-4-5-9)8-28-15-6-11(19(22,23)24)14(25)7-26-15/h1-3,6-7,9H,4-5,8,25H2. The number of benzene rings is 1. The largest absolute Gasteiger partial charge is 0.473 e. The molecule has 1 fully saturated rings. The molecule has 0 spiro atoms. The summed E-state index contributed by atoms with van der Waals surface area (Å²) in [6, 6.07) is 5.95. The quantitative estimate of drug-likeness (QED) is 0.468. The van der Waals surface area contributed by atoms with Crippen molar-refractivity contribution in [3.8, 4) is 17.1 Å². The number of alkyl halides is 3. The van der Waals surface area contributed by atoms with E-state index in [0.717, 1.165) is 35.5 Å². The first-order chi connectivity index (χ1) is 13.8. The lowest BCUT2D eigenvalue weighted by Gasteiger charge is -2.13. The van der Waals surface area contributed by atoms with Crippen molar-refractivity contribution in [3.63, 3.8) is 0 Å². The van der Waals surface area contributed by atoms with Gasteiger partial charge in [0.2, 0.25) is 5.88 Å². The molecule has 3 aromatic rings. The Kier molecular flexibility index (Phi) is 5.35. The fourth-order valence-corrected chi connectivity index (χ4v) is 4.58. The Balaban J connectivity index is 1.68. The molecule has 1 aromatic carbocycles. The first-order valence-electron chi connectivity index (χ1n) is 8.64. The molecule has 152 valence electrons. The normalized spacial score (nSPS) is 14.2. The third kappa shape index (κ3) is 4.15. The molecule has 0 amide bonds. The highest BCUT2D eigenvalue weighted by atomic mass is 35.5. The van der Waals surface area contributed by atoms with Crippen molar-refractivity contribution in [2.45, 2.75) is 31.5 Å². The number of anilines is 1. The van der Waals surface area contributed by atoms with E-state index in [-0.39, 0.29) is 12.5 Å². The summed E-state index contributed by atoms with van der Waals surface area (Å²) >= 11 is 14.0. The highest BCUT2D eigenvalue weighted by Crippen LogP contribution is 2.48. The molecule has 4 rings (SSSR count). The molecule has 0 unspecified atom stereocenters. The van der Waals surface area contributed by atoms with E-state index in [2.05, 4.69) is 9.36 Å². The number of rotatable bonds is 5. The second-order valence-corrected chi connectivity index (χ2v) is 8.26. The van der Waals surface area contributed by atoms with Gasteiger partial charge in [-0.25, -0.2) is 4.98 Å². The molecule has 1 aliphatic rings. The predicted octanol–water partition coefficient (Wildman–Crippen LogP) is 6.57. The van der Waals surface area contributed by atoms with Crippen LogP contribution in [0.3, 0.4) is 0 Å². The van der Waals surface area contributed by atoms with E-state index in [4.69, 9.17) is 33.7 Å². The number of nitrogen functional groups attached to an aromatic ring is 1. The predicted molar refractivity (Wildman–Crippen MR) is 108 cm³/mol. The molecule has 0 atom stereocenters. The van der Waals surface area contributed by atoms with Crippen molar-refractivity contribution in [1.82, 2.24) is 9.36 Å². The smallest absolute Gasteiger partial charge is 0.418 e. The van der Waals surface area contributed by atoms with Gasteiger partial charge in [0.15, 0.2) is 0 Å². The zero-order valence-corrected chi connectivity index (χ0v) is 17.1. The number of aromatic nitrogens is 2. The third-order valence-corrected chi connectivity index (χ3v) is 6.23. The van der Waals surface area contributed by atoms with Crippen LogP contribution in [-0.2, 0) is 12.8 Å². The number of nitrogens with two attached hydrogens (primary N) is 1. The van der Waals surface area contributed by atoms with E-state index < -0.39 is 17.4 Å². The van der Waals surface area contributed by atoms with Gasteiger partial charge < -0.3 is 10.5 Å². The molecule has 2 aromatic heterocycles. The Labute approximate surface area is 178 Å². The highest BCUT2D eigenvalue weighted by Gasteiger charge is 2.34. The summed E-state index contributed by atoms with van der Waals surface area (Å²) in [5.74, 6) is 0.196. The first kappa shape index (κ1) is 20.3. The second kappa shape index (κ2) is 7.66. The van der Waals surface area contributed by atoms with E-state index in [1.54, 1.807) is 18.2 Å². The first-order valence-corrected chi connectivity index (χ1v) is 10.2. The van der Waals surface area contributed by atoms with Crippen LogP contribution in [0, 0.1) is 0 Å². The Morgan fingerprint density at radius 3 is 2.52 bits per heavy atom. The van der Waals surface area contributed by atoms with E-state index in [1.807, 2.05) is 0 Å². The highest BCUT2D eigenvalue weighted by molar-refractivity contribution is 7.06. The zero-order chi connectivity index (χ0) is 20.8. The lowest BCUT2D eigenvalue weighted by Crippen LogP contribution is -2.10. The van der Waals surface area contributed by atoms with Crippen LogP contribution >= 0.6 is 34.7 Å². The van der Waals surface area contributed by atoms with Crippen molar-refractivity contribution in [1.29, 1.82) is 0 Å². The van der Waals surface area contributed by atoms with E-state index in [0.29, 0.717) is 27.2 Å². The number of hydrogen-bond acceptors (Lipinski definition) is 5. The molecule has 2 N–H and O–H groups in total. The molecule has 10 heteroatoms. The van der Waals surface area contributed by atoms with Gasteiger partial charge >= 0.3 is 6.18 Å². The molecule has 0 aliphatic heterocycles. The third-order valence-electron chi connectivity index (χ3n) is 4.55. The summed E-state index contributed by atoms with van der Waals surface area (Å²) < 4.78 is 49.4. The molecule has 1 aliphatic carbocycles. The van der Waals surface area contributed by atoms with Gasteiger partial charge in [-0.1, -0.05) is 29.3 Å². The minimum atomic E-state index is -4.59. The number of halogens is 5. The summed E-state index contributed by atoms with van der Waals surface area (Å²) in [6.07, 6.45) is -1.59. The number of pyridine rings is 1. The number of hydrogen-bond donors (Lipinski definition) is 1. The minimum Gasteiger partial charge on any atom is -0.473 e. The van der Waals surface area contributed by atoms with Crippen LogP contribution in [0.15, 0.2) is 30.5 Å². The van der Waals surface area contributed by atoms with Crippen molar-refractivity contribution >= 4 is 40.4 Å². The van der Waals surface area contributed by atoms with Crippen LogP contribution in [0.5, 0.6) is 5.88 Å². The monoisotopic (exact) mass is 459 g/mol. The molecule has 1 saturated carbocycles. The van der Waals surface area contributed by atoms with Gasteiger partial charge in [-0.15, -0.1) is 0 Å². The molecule has 29 heavy (non-hydrogen) atoms. The maximum atomic E-state index is 13.1. The molecule has 4 nitrogen and oxygen atoms in total. The Bertz CT molecular complexity index is 1050. The molecular formula is C19H14Cl2F3N3OS. The average molecular weight is 460 g/mol. The topological polar surface area (TPSA) is 61.0 Å². The van der Waals surface area contributed by atoms with Gasteiger partial charge in [0, 0.05) is 22.1 Å². The minimum absolute atomic E-state index is 0.00651. The van der Waals surface area contributed by atoms with Crippen molar-refractivity contribution < 1.29 is 17.9 Å². The lowest BCUT2D eigenvalue weighted by molar-refractivity contribution is -0.137. The van der Waals surface area contributed by atoms with Crippen LogP contribution in [0.25, 0.3) is 11.3 Å². The van der Waals surface area contributed by atoms with Gasteiger partial charge in [-0.05, 0) is 42.4 Å². The molecular weight excluding hydrogens is 446 g/mol. The second-order valence-electron chi connectivity index (χ2n) is 6.64. The van der Waals surface area contributed by atoms with Crippen LogP contribution in [0.2, 0.25) is 10.0 Å². The van der Waals surface area contributed by atoms with E-state index in [1.165, 1.54) is 11.5 Å². The van der Waals surface area contributed by atoms with Gasteiger partial charge in [0.25, 0.3) is 0 Å². The molecule has 0 bridgehead atoms. The summed E-state index contributed by atoms with van der Waals surface area (Å²) in [5, 5.41) is 0.882. The summed E-state index contributed by atoms with van der Waals surface area (Å²) in [6.45, 7) is -0.00651. The average Bonchev–Trinajstić information content (AvgIpc) is 3.41. The molecule has 2 heterocycles. The van der Waals surface area contributed by atoms with Crippen LogP contribution < -0.4 is 10.5 Å². The Morgan fingerprint density at radius 1 is 1.21 bits per heavy atom. The van der Waals surface area contributed by atoms with E-state index >= 15 is 0 Å². The molecule has 0 saturated heterocycles. The fourth-order valence-electron chi connectivity index (χ4n) is 2.97. The van der Waals surface area contributed by atoms with E-state index in [9.17, 15) is 13.2 Å². The van der Waals surface area contributed by atoms with Gasteiger partial charge in [-0.2, -0.15) is 17.5 Å². The van der Waals surface area contributed by atoms with Crippen molar-refractivity contribution in [2.75, 3.05) is 5.73 Å². The van der Waals surface area contributed by atoms with Gasteiger partial charge in [-0.3, -0.25) is 0 Å².